The van der Waals surface area contributed by atoms with E-state index in [1.807, 2.05) is 6.92 Å². The van der Waals surface area contributed by atoms with Gasteiger partial charge in [0.05, 0.1) is 5.92 Å². The molecule has 0 fully saturated rings. The van der Waals surface area contributed by atoms with Crippen LogP contribution in [0.15, 0.2) is 24.3 Å². The van der Waals surface area contributed by atoms with Gasteiger partial charge in [-0.3, -0.25) is 0 Å². The topological polar surface area (TPSA) is 4.36 Å². The number of hydrogen-bond acceptors (Lipinski definition) is 0. The summed E-state index contributed by atoms with van der Waals surface area (Å²) >= 11 is 0. The molecule has 0 saturated carbocycles. The highest BCUT2D eigenvalue weighted by Crippen LogP contribution is 2.36. The van der Waals surface area contributed by atoms with Gasteiger partial charge in [0, 0.05) is 6.92 Å². The molecule has 0 heterocycles. The molecule has 1 aliphatic carbocycles. The maximum Gasteiger partial charge on any atom is 0.227 e. The molecule has 66 valence electrons. The summed E-state index contributed by atoms with van der Waals surface area (Å²) in [4.78, 5) is 3.62. The van der Waals surface area contributed by atoms with Crippen LogP contribution in [0.5, 0.6) is 0 Å². The van der Waals surface area contributed by atoms with E-state index in [0.717, 1.165) is 12.8 Å². The van der Waals surface area contributed by atoms with Crippen molar-refractivity contribution in [2.24, 2.45) is 0 Å². The molecule has 2 unspecified atom stereocenters. The van der Waals surface area contributed by atoms with E-state index < -0.39 is 0 Å². The summed E-state index contributed by atoms with van der Waals surface area (Å²) in [6.07, 6.45) is 2.31. The average Bonchev–Trinajstić information content (AvgIpc) is 2.60. The van der Waals surface area contributed by atoms with Crippen molar-refractivity contribution in [2.45, 2.75) is 31.7 Å². The lowest BCUT2D eigenvalue weighted by Crippen LogP contribution is -2.07. The third kappa shape index (κ3) is 1.33. The molecule has 1 aromatic carbocycles. The molecule has 13 heavy (non-hydrogen) atoms. The van der Waals surface area contributed by atoms with E-state index in [-0.39, 0.29) is 6.04 Å². The highest BCUT2D eigenvalue weighted by molar-refractivity contribution is 5.36. The Morgan fingerprint density at radius 2 is 2.23 bits per heavy atom. The van der Waals surface area contributed by atoms with Gasteiger partial charge in [0.2, 0.25) is 6.04 Å². The highest BCUT2D eigenvalue weighted by Gasteiger charge is 2.29. The van der Waals surface area contributed by atoms with E-state index >= 15 is 0 Å². The molecule has 0 saturated heterocycles. The Kier molecular flexibility index (Phi) is 2.06. The van der Waals surface area contributed by atoms with E-state index in [1.165, 1.54) is 11.1 Å². The Labute approximate surface area is 79.2 Å². The van der Waals surface area contributed by atoms with Gasteiger partial charge in [-0.2, -0.15) is 0 Å². The first kappa shape index (κ1) is 8.31. The molecule has 1 heteroatoms. The van der Waals surface area contributed by atoms with Crippen LogP contribution in [0, 0.1) is 6.57 Å². The predicted molar refractivity (Wildman–Crippen MR) is 53.6 cm³/mol. The Balaban J connectivity index is 2.34. The molecular weight excluding hydrogens is 158 g/mol. The van der Waals surface area contributed by atoms with Gasteiger partial charge in [-0.1, -0.05) is 24.3 Å². The largest absolute Gasteiger partial charge is 0.313 e. The summed E-state index contributed by atoms with van der Waals surface area (Å²) in [7, 11) is 0. The molecule has 2 atom stereocenters. The number of fused-ring (bicyclic) bond motifs is 1. The summed E-state index contributed by atoms with van der Waals surface area (Å²) in [5.74, 6) is 0.480. The van der Waals surface area contributed by atoms with Crippen LogP contribution in [0.1, 0.15) is 30.4 Å². The highest BCUT2D eigenvalue weighted by atomic mass is 14.7. The van der Waals surface area contributed by atoms with E-state index in [9.17, 15) is 0 Å². The second-order valence-corrected chi connectivity index (χ2v) is 3.71. The van der Waals surface area contributed by atoms with Crippen LogP contribution >= 0.6 is 0 Å². The Morgan fingerprint density at radius 1 is 1.46 bits per heavy atom. The van der Waals surface area contributed by atoms with Crippen LogP contribution in [-0.4, -0.2) is 6.04 Å². The quantitative estimate of drug-likeness (QED) is 0.572. The average molecular weight is 171 g/mol. The molecule has 2 rings (SSSR count). The van der Waals surface area contributed by atoms with E-state index in [1.54, 1.807) is 0 Å². The molecule has 0 bridgehead atoms. The monoisotopic (exact) mass is 171 g/mol. The fourth-order valence-corrected chi connectivity index (χ4v) is 2.18. The maximum atomic E-state index is 7.04. The minimum atomic E-state index is 0.142. The van der Waals surface area contributed by atoms with Gasteiger partial charge in [0.25, 0.3) is 0 Å². The zero-order chi connectivity index (χ0) is 9.26. The third-order valence-corrected chi connectivity index (χ3v) is 2.97. The summed E-state index contributed by atoms with van der Waals surface area (Å²) in [6, 6.07) is 8.67. The van der Waals surface area contributed by atoms with Gasteiger partial charge in [0.1, 0.15) is 0 Å². The molecule has 1 aliphatic rings. The zero-order valence-corrected chi connectivity index (χ0v) is 7.83. The van der Waals surface area contributed by atoms with Gasteiger partial charge >= 0.3 is 0 Å². The summed E-state index contributed by atoms with van der Waals surface area (Å²) in [5, 5.41) is 0. The van der Waals surface area contributed by atoms with Crippen LogP contribution in [0.4, 0.5) is 0 Å². The minimum Gasteiger partial charge on any atom is -0.313 e. The third-order valence-electron chi connectivity index (χ3n) is 2.97. The van der Waals surface area contributed by atoms with Crippen molar-refractivity contribution < 1.29 is 0 Å². The Morgan fingerprint density at radius 3 is 3.00 bits per heavy atom. The van der Waals surface area contributed by atoms with Crippen LogP contribution < -0.4 is 0 Å². The van der Waals surface area contributed by atoms with Crippen molar-refractivity contribution in [1.82, 2.24) is 0 Å². The molecular formula is C12H13N. The first-order valence-corrected chi connectivity index (χ1v) is 4.77. The van der Waals surface area contributed by atoms with Crippen LogP contribution in [0.25, 0.3) is 4.85 Å². The van der Waals surface area contributed by atoms with Crippen molar-refractivity contribution in [3.63, 3.8) is 0 Å². The Hall–Kier alpha value is -1.29. The van der Waals surface area contributed by atoms with Gasteiger partial charge in [0.15, 0.2) is 0 Å². The fourth-order valence-electron chi connectivity index (χ4n) is 2.18. The molecule has 1 aromatic rings. The first-order chi connectivity index (χ1) is 6.33. The Bertz CT molecular complexity index is 348. The lowest BCUT2D eigenvalue weighted by molar-refractivity contribution is 0.621. The van der Waals surface area contributed by atoms with E-state index in [2.05, 4.69) is 29.1 Å². The fraction of sp³-hybridized carbons (Fsp3) is 0.417. The number of hydrogen-bond donors (Lipinski definition) is 0. The van der Waals surface area contributed by atoms with Crippen molar-refractivity contribution in [1.29, 1.82) is 0 Å². The molecule has 1 nitrogen and oxygen atoms in total. The lowest BCUT2D eigenvalue weighted by atomic mass is 9.95. The van der Waals surface area contributed by atoms with Crippen molar-refractivity contribution in [3.05, 3.63) is 46.8 Å². The molecule has 0 radical (unpaired) electrons. The van der Waals surface area contributed by atoms with Gasteiger partial charge in [-0.05, 0) is 24.0 Å². The molecule has 0 spiro atoms. The molecule has 0 amide bonds. The number of nitrogens with zero attached hydrogens (tertiary/aromatic N) is 1. The number of rotatable bonds is 1. The molecule has 0 N–H and O–H groups in total. The minimum absolute atomic E-state index is 0.142. The van der Waals surface area contributed by atoms with Crippen molar-refractivity contribution >= 4 is 0 Å². The van der Waals surface area contributed by atoms with Crippen LogP contribution in [0.3, 0.4) is 0 Å². The first-order valence-electron chi connectivity index (χ1n) is 4.77. The summed E-state index contributed by atoms with van der Waals surface area (Å²) in [5.41, 5.74) is 2.86. The maximum absolute atomic E-state index is 7.04. The molecule has 0 aromatic heterocycles. The molecule has 0 aliphatic heterocycles. The van der Waals surface area contributed by atoms with Crippen molar-refractivity contribution in [2.75, 3.05) is 0 Å². The van der Waals surface area contributed by atoms with Crippen molar-refractivity contribution in [3.8, 4) is 0 Å². The van der Waals surface area contributed by atoms with Gasteiger partial charge < -0.3 is 4.85 Å². The van der Waals surface area contributed by atoms with E-state index in [4.69, 9.17) is 6.57 Å². The van der Waals surface area contributed by atoms with E-state index in [0.29, 0.717) is 5.92 Å². The zero-order valence-electron chi connectivity index (χ0n) is 7.83. The smallest absolute Gasteiger partial charge is 0.227 e. The second kappa shape index (κ2) is 3.22. The predicted octanol–water partition coefficient (Wildman–Crippen LogP) is 3.02. The van der Waals surface area contributed by atoms with Crippen LogP contribution in [-0.2, 0) is 6.42 Å². The number of aryl methyl sites for hydroxylation is 1. The van der Waals surface area contributed by atoms with Crippen LogP contribution in [0.2, 0.25) is 0 Å². The summed E-state index contributed by atoms with van der Waals surface area (Å²) < 4.78 is 0. The second-order valence-electron chi connectivity index (χ2n) is 3.71. The summed E-state index contributed by atoms with van der Waals surface area (Å²) in [6.45, 7) is 9.07. The van der Waals surface area contributed by atoms with Gasteiger partial charge in [-0.15, -0.1) is 0 Å². The lowest BCUT2D eigenvalue weighted by Gasteiger charge is -2.09. The SMILES string of the molecule is [C-]#[N+]C(C)C1CCc2ccccc21. The normalized spacial score (nSPS) is 22.0. The van der Waals surface area contributed by atoms with Gasteiger partial charge in [-0.25, -0.2) is 6.57 Å². The standard InChI is InChI=1S/C12H13N/c1-9(13-2)11-8-7-10-5-3-4-6-12(10)11/h3-6,9,11H,7-8H2,1H3. The number of benzene rings is 1.